The van der Waals surface area contributed by atoms with E-state index >= 15 is 0 Å². The van der Waals surface area contributed by atoms with E-state index in [1.807, 2.05) is 0 Å². The molecule has 1 aromatic carbocycles. The summed E-state index contributed by atoms with van der Waals surface area (Å²) >= 11 is 0. The Kier molecular flexibility index (Phi) is 4.47. The predicted octanol–water partition coefficient (Wildman–Crippen LogP) is -0.0757. The van der Waals surface area contributed by atoms with E-state index in [1.54, 1.807) is 13.8 Å². The van der Waals surface area contributed by atoms with Crippen LogP contribution < -0.4 is 10.5 Å². The summed E-state index contributed by atoms with van der Waals surface area (Å²) in [6.07, 6.45) is 0.140. The van der Waals surface area contributed by atoms with Crippen molar-refractivity contribution >= 4 is 21.9 Å². The lowest BCUT2D eigenvalue weighted by molar-refractivity contribution is -0.144. The number of hydrogen-bond donors (Lipinski definition) is 3. The summed E-state index contributed by atoms with van der Waals surface area (Å²) < 4.78 is 28.3. The van der Waals surface area contributed by atoms with Crippen LogP contribution >= 0.6 is 0 Å². The van der Waals surface area contributed by atoms with Crippen LogP contribution in [-0.2, 0) is 19.6 Å². The van der Waals surface area contributed by atoms with Gasteiger partial charge in [0.05, 0.1) is 11.5 Å². The normalized spacial score (nSPS) is 21.2. The number of hydrogen-bond acceptors (Lipinski definition) is 5. The largest absolute Gasteiger partial charge is 0.479 e. The first-order valence-corrected chi connectivity index (χ1v) is 8.39. The van der Waals surface area contributed by atoms with Gasteiger partial charge < -0.3 is 15.2 Å². The molecule has 1 aliphatic heterocycles. The van der Waals surface area contributed by atoms with Gasteiger partial charge >= 0.3 is 5.97 Å². The summed E-state index contributed by atoms with van der Waals surface area (Å²) in [6, 6.07) is 2.64. The lowest BCUT2D eigenvalue weighted by Gasteiger charge is -2.24. The van der Waals surface area contributed by atoms with E-state index in [-0.39, 0.29) is 30.1 Å². The average molecular weight is 342 g/mol. The summed E-state index contributed by atoms with van der Waals surface area (Å²) in [7, 11) is -3.99. The molecule has 8 nitrogen and oxygen atoms in total. The Morgan fingerprint density at radius 3 is 2.48 bits per heavy atom. The van der Waals surface area contributed by atoms with E-state index in [2.05, 4.69) is 5.32 Å². The van der Waals surface area contributed by atoms with Gasteiger partial charge in [0.25, 0.3) is 5.91 Å². The zero-order valence-electron chi connectivity index (χ0n) is 12.8. The van der Waals surface area contributed by atoms with Crippen molar-refractivity contribution in [1.29, 1.82) is 0 Å². The fraction of sp³-hybridized carbons (Fsp3) is 0.429. The smallest absolute Gasteiger partial charge is 0.331 e. The molecule has 1 atom stereocenters. The van der Waals surface area contributed by atoms with Gasteiger partial charge in [-0.15, -0.1) is 0 Å². The van der Waals surface area contributed by atoms with Gasteiger partial charge in [-0.1, -0.05) is 0 Å². The van der Waals surface area contributed by atoms with Crippen LogP contribution in [0.15, 0.2) is 17.0 Å². The first-order valence-electron chi connectivity index (χ1n) is 6.84. The predicted molar refractivity (Wildman–Crippen MR) is 80.6 cm³/mol. The second-order valence-electron chi connectivity index (χ2n) is 5.61. The van der Waals surface area contributed by atoms with Gasteiger partial charge in [0.1, 0.15) is 0 Å². The fourth-order valence-corrected chi connectivity index (χ4v) is 3.31. The van der Waals surface area contributed by atoms with Crippen LogP contribution in [0.5, 0.6) is 0 Å². The minimum Gasteiger partial charge on any atom is -0.479 e. The molecule has 1 heterocycles. The number of carboxylic acid groups (broad SMARTS) is 1. The van der Waals surface area contributed by atoms with E-state index in [0.29, 0.717) is 11.1 Å². The van der Waals surface area contributed by atoms with Crippen LogP contribution in [-0.4, -0.2) is 44.2 Å². The molecule has 9 heteroatoms. The molecule has 0 aromatic heterocycles. The molecule has 1 aromatic rings. The number of ether oxygens (including phenoxy) is 1. The zero-order valence-corrected chi connectivity index (χ0v) is 13.6. The number of nitrogens with two attached hydrogens (primary N) is 1. The van der Waals surface area contributed by atoms with E-state index in [4.69, 9.17) is 9.88 Å². The maximum atomic E-state index is 12.4. The molecule has 1 aliphatic rings. The molecule has 126 valence electrons. The van der Waals surface area contributed by atoms with Gasteiger partial charge in [0.15, 0.2) is 5.54 Å². The van der Waals surface area contributed by atoms with E-state index < -0.39 is 27.4 Å². The van der Waals surface area contributed by atoms with Crippen molar-refractivity contribution in [3.8, 4) is 0 Å². The number of aliphatic carboxylic acids is 1. The lowest BCUT2D eigenvalue weighted by atomic mass is 9.97. The van der Waals surface area contributed by atoms with E-state index in [1.165, 1.54) is 6.07 Å². The van der Waals surface area contributed by atoms with Crippen LogP contribution in [0.25, 0.3) is 0 Å². The highest BCUT2D eigenvalue weighted by Gasteiger charge is 2.44. The van der Waals surface area contributed by atoms with Crippen LogP contribution in [0.3, 0.4) is 0 Å². The highest BCUT2D eigenvalue weighted by atomic mass is 32.2. The molecular formula is C14H18N2O6S. The Morgan fingerprint density at radius 1 is 1.35 bits per heavy atom. The van der Waals surface area contributed by atoms with Crippen molar-refractivity contribution in [1.82, 2.24) is 5.32 Å². The van der Waals surface area contributed by atoms with Crippen molar-refractivity contribution in [3.05, 3.63) is 28.8 Å². The zero-order chi connectivity index (χ0) is 17.4. The molecule has 0 saturated carbocycles. The van der Waals surface area contributed by atoms with Gasteiger partial charge in [-0.3, -0.25) is 4.79 Å². The fourth-order valence-electron chi connectivity index (χ4n) is 2.43. The summed E-state index contributed by atoms with van der Waals surface area (Å²) in [6.45, 7) is 3.32. The Balaban J connectivity index is 2.41. The van der Waals surface area contributed by atoms with Crippen molar-refractivity contribution in [2.75, 3.05) is 13.2 Å². The number of benzene rings is 1. The quantitative estimate of drug-likeness (QED) is 0.700. The number of rotatable bonds is 4. The van der Waals surface area contributed by atoms with Crippen LogP contribution in [0.4, 0.5) is 0 Å². The molecule has 23 heavy (non-hydrogen) atoms. The number of aryl methyl sites for hydroxylation is 1. The number of carboxylic acids is 1. The Bertz CT molecular complexity index is 766. The number of carbonyl (C=O) groups is 2. The van der Waals surface area contributed by atoms with Crippen LogP contribution in [0.2, 0.25) is 0 Å². The van der Waals surface area contributed by atoms with Gasteiger partial charge in [-0.05, 0) is 37.1 Å². The topological polar surface area (TPSA) is 136 Å². The molecule has 2 rings (SSSR count). The number of sulfonamides is 1. The first-order chi connectivity index (χ1) is 10.6. The number of nitrogens with one attached hydrogen (secondary N) is 1. The van der Waals surface area contributed by atoms with E-state index in [9.17, 15) is 23.1 Å². The van der Waals surface area contributed by atoms with Crippen LogP contribution in [0.1, 0.15) is 27.9 Å². The summed E-state index contributed by atoms with van der Waals surface area (Å²) in [5, 5.41) is 16.9. The van der Waals surface area contributed by atoms with Crippen molar-refractivity contribution in [2.24, 2.45) is 5.14 Å². The third-order valence-corrected chi connectivity index (χ3v) is 5.01. The number of primary sulfonamides is 1. The molecule has 0 spiro atoms. The average Bonchev–Trinajstić information content (AvgIpc) is 2.90. The highest BCUT2D eigenvalue weighted by molar-refractivity contribution is 7.89. The third kappa shape index (κ3) is 3.36. The standard InChI is InChI=1S/C14H18N2O6S/c1-8-5-10(6-11(9(8)2)23(15,20)21)12(17)16-14(13(18)19)3-4-22-7-14/h5-6H,3-4,7H2,1-2H3,(H,16,17)(H,18,19)(H2,15,20,21). The third-order valence-electron chi connectivity index (χ3n) is 3.97. The van der Waals surface area contributed by atoms with Gasteiger partial charge in [-0.2, -0.15) is 0 Å². The maximum absolute atomic E-state index is 12.4. The molecule has 0 aliphatic carbocycles. The van der Waals surface area contributed by atoms with Crippen molar-refractivity contribution in [3.63, 3.8) is 0 Å². The number of amides is 1. The second kappa shape index (κ2) is 5.91. The SMILES string of the molecule is Cc1cc(C(=O)NC2(C(=O)O)CCOC2)cc(S(N)(=O)=O)c1C. The summed E-state index contributed by atoms with van der Waals surface area (Å²) in [5.41, 5.74) is -0.461. The molecule has 1 fully saturated rings. The molecule has 0 radical (unpaired) electrons. The van der Waals surface area contributed by atoms with Crippen LogP contribution in [0, 0.1) is 13.8 Å². The second-order valence-corrected chi connectivity index (χ2v) is 7.14. The van der Waals surface area contributed by atoms with Gasteiger partial charge in [0, 0.05) is 18.6 Å². The molecule has 1 saturated heterocycles. The summed E-state index contributed by atoms with van der Waals surface area (Å²) in [5.74, 6) is -1.88. The number of carbonyl (C=O) groups excluding carboxylic acids is 1. The van der Waals surface area contributed by atoms with Crippen molar-refractivity contribution in [2.45, 2.75) is 30.7 Å². The van der Waals surface area contributed by atoms with Gasteiger partial charge in [-0.25, -0.2) is 18.4 Å². The molecule has 1 unspecified atom stereocenters. The lowest BCUT2D eigenvalue weighted by Crippen LogP contribution is -2.55. The molecule has 0 bridgehead atoms. The Labute approximate surface area is 133 Å². The first kappa shape index (κ1) is 17.4. The minimum atomic E-state index is -3.99. The summed E-state index contributed by atoms with van der Waals surface area (Å²) in [4.78, 5) is 23.7. The highest BCUT2D eigenvalue weighted by Crippen LogP contribution is 2.23. The Hall–Kier alpha value is -1.97. The monoisotopic (exact) mass is 342 g/mol. The molecule has 4 N–H and O–H groups in total. The molecule has 1 amide bonds. The maximum Gasteiger partial charge on any atom is 0.331 e. The van der Waals surface area contributed by atoms with Gasteiger partial charge in [0.2, 0.25) is 10.0 Å². The van der Waals surface area contributed by atoms with E-state index in [0.717, 1.165) is 6.07 Å². The van der Waals surface area contributed by atoms with Crippen molar-refractivity contribution < 1.29 is 27.9 Å². The molecular weight excluding hydrogens is 324 g/mol. The minimum absolute atomic E-state index is 0.0321. The Morgan fingerprint density at radius 2 is 2.00 bits per heavy atom.